The van der Waals surface area contributed by atoms with Crippen molar-refractivity contribution in [1.29, 1.82) is 0 Å². The maximum absolute atomic E-state index is 11.2. The van der Waals surface area contributed by atoms with Crippen molar-refractivity contribution in [2.45, 2.75) is 29.4 Å². The average Bonchev–Trinajstić information content (AvgIpc) is 3.15. The average molecular weight is 425 g/mol. The minimum atomic E-state index is -0.899. The molecule has 148 valence electrons. The molecule has 0 aliphatic carbocycles. The van der Waals surface area contributed by atoms with Crippen LogP contribution in [0.5, 0.6) is 5.75 Å². The van der Waals surface area contributed by atoms with E-state index in [0.29, 0.717) is 18.7 Å². The molecule has 3 rings (SSSR count). The van der Waals surface area contributed by atoms with Crippen molar-refractivity contribution in [3.63, 3.8) is 0 Å². The van der Waals surface area contributed by atoms with Crippen LogP contribution in [-0.2, 0) is 11.2 Å². The summed E-state index contributed by atoms with van der Waals surface area (Å²) >= 11 is 2.71. The van der Waals surface area contributed by atoms with Gasteiger partial charge in [-0.2, -0.15) is 0 Å². The topological polar surface area (TPSA) is 63.8 Å². The van der Waals surface area contributed by atoms with Crippen LogP contribution in [-0.4, -0.2) is 27.4 Å². The van der Waals surface area contributed by atoms with Gasteiger partial charge in [0.1, 0.15) is 10.5 Å². The summed E-state index contributed by atoms with van der Waals surface area (Å²) in [4.78, 5) is 19.1. The molecule has 1 aromatic heterocycles. The Labute approximate surface area is 178 Å². The van der Waals surface area contributed by atoms with Gasteiger partial charge in [0.05, 0.1) is 18.9 Å². The van der Waals surface area contributed by atoms with Gasteiger partial charge < -0.3 is 9.84 Å². The Hall–Kier alpha value is -2.82. The number of hydrogen-bond acceptors (Lipinski definition) is 5. The lowest BCUT2D eigenvalue weighted by atomic mass is 10.1. The molecule has 1 heterocycles. The summed E-state index contributed by atoms with van der Waals surface area (Å²) < 4.78 is 5.66. The van der Waals surface area contributed by atoms with Gasteiger partial charge in [0, 0.05) is 11.8 Å². The molecule has 0 atom stereocenters. The van der Waals surface area contributed by atoms with Gasteiger partial charge in [0.15, 0.2) is 10.0 Å². The summed E-state index contributed by atoms with van der Waals surface area (Å²) in [7, 11) is 0. The molecule has 1 N–H and O–H groups in total. The maximum Gasteiger partial charge on any atom is 0.319 e. The van der Waals surface area contributed by atoms with E-state index in [4.69, 9.17) is 11.3 Å². The van der Waals surface area contributed by atoms with Crippen molar-refractivity contribution < 1.29 is 14.6 Å². The van der Waals surface area contributed by atoms with Crippen LogP contribution in [0.25, 0.3) is 16.0 Å². The summed E-state index contributed by atoms with van der Waals surface area (Å²) in [6.45, 7) is 10.9. The van der Waals surface area contributed by atoms with E-state index in [1.165, 1.54) is 23.1 Å². The molecular formula is C22H20N2O3S2. The number of thiazole rings is 1. The first-order chi connectivity index (χ1) is 13.9. The van der Waals surface area contributed by atoms with Gasteiger partial charge >= 0.3 is 5.97 Å². The van der Waals surface area contributed by atoms with Gasteiger partial charge in [-0.05, 0) is 37.1 Å². The predicted molar refractivity (Wildman–Crippen MR) is 117 cm³/mol. The zero-order valence-electron chi connectivity index (χ0n) is 16.1. The monoisotopic (exact) mass is 424 g/mol. The van der Waals surface area contributed by atoms with Crippen LogP contribution >= 0.6 is 23.1 Å². The first-order valence-electron chi connectivity index (χ1n) is 8.95. The number of carboxylic acid groups (broad SMARTS) is 1. The largest absolute Gasteiger partial charge is 0.493 e. The quantitative estimate of drug-likeness (QED) is 0.358. The molecule has 29 heavy (non-hydrogen) atoms. The maximum atomic E-state index is 11.2. The number of aliphatic carboxylic acids is 1. The molecule has 0 radical (unpaired) electrons. The number of thioether (sulfide) groups is 1. The number of nitrogens with zero attached hydrogens (tertiary/aromatic N) is 2. The molecule has 0 saturated carbocycles. The van der Waals surface area contributed by atoms with Crippen molar-refractivity contribution in [2.24, 2.45) is 0 Å². The second-order valence-corrected chi connectivity index (χ2v) is 9.53. The Balaban J connectivity index is 1.52. The second-order valence-electron chi connectivity index (χ2n) is 6.80. The summed E-state index contributed by atoms with van der Waals surface area (Å²) in [5.41, 5.74) is 3.65. The van der Waals surface area contributed by atoms with Crippen molar-refractivity contribution in [2.75, 3.05) is 6.61 Å². The zero-order valence-corrected chi connectivity index (χ0v) is 17.7. The van der Waals surface area contributed by atoms with Crippen LogP contribution < -0.4 is 4.74 Å². The number of carbonyl (C=O) groups is 1. The van der Waals surface area contributed by atoms with E-state index < -0.39 is 10.7 Å². The minimum absolute atomic E-state index is 0.495. The summed E-state index contributed by atoms with van der Waals surface area (Å²) in [5.74, 6) is -0.0725. The van der Waals surface area contributed by atoms with E-state index in [0.717, 1.165) is 26.9 Å². The first-order valence-corrected chi connectivity index (χ1v) is 10.6. The van der Waals surface area contributed by atoms with Gasteiger partial charge in [0.2, 0.25) is 0 Å². The Morgan fingerprint density at radius 3 is 2.38 bits per heavy atom. The van der Waals surface area contributed by atoms with E-state index in [2.05, 4.69) is 9.83 Å². The third-order valence-electron chi connectivity index (χ3n) is 4.20. The number of hydrogen-bond donors (Lipinski definition) is 1. The molecule has 0 spiro atoms. The highest BCUT2D eigenvalue weighted by atomic mass is 32.2. The Morgan fingerprint density at radius 1 is 1.17 bits per heavy atom. The lowest BCUT2D eigenvalue weighted by molar-refractivity contribution is -0.138. The highest BCUT2D eigenvalue weighted by Crippen LogP contribution is 2.34. The molecule has 3 aromatic rings. The van der Waals surface area contributed by atoms with Crippen LogP contribution in [0.4, 0.5) is 5.69 Å². The molecule has 0 bridgehead atoms. The van der Waals surface area contributed by atoms with E-state index in [9.17, 15) is 9.90 Å². The van der Waals surface area contributed by atoms with Crippen molar-refractivity contribution in [3.8, 4) is 16.9 Å². The third-order valence-corrected chi connectivity index (χ3v) is 6.37. The minimum Gasteiger partial charge on any atom is -0.493 e. The number of benzene rings is 2. The van der Waals surface area contributed by atoms with Gasteiger partial charge in [-0.1, -0.05) is 48.2 Å². The summed E-state index contributed by atoms with van der Waals surface area (Å²) in [6, 6.07) is 15.3. The fourth-order valence-corrected chi connectivity index (χ4v) is 4.68. The number of ether oxygens (including phenoxy) is 1. The zero-order chi connectivity index (χ0) is 20.9. The lowest BCUT2D eigenvalue weighted by Crippen LogP contribution is -2.26. The smallest absolute Gasteiger partial charge is 0.319 e. The highest BCUT2D eigenvalue weighted by molar-refractivity contribution is 8.02. The Kier molecular flexibility index (Phi) is 6.57. The Bertz CT molecular complexity index is 1020. The standard InChI is InChI=1S/C22H20N2O3S2/c1-22(2,20(25)26)29-21-24-18(14-28-21)12-13-27-19-10-6-16(7-11-19)15-4-8-17(23-3)9-5-15/h4-11,14H,12-13H2,1-2H3,(H,25,26). The molecule has 0 aliphatic heterocycles. The molecule has 0 fully saturated rings. The molecule has 0 unspecified atom stereocenters. The van der Waals surface area contributed by atoms with Gasteiger partial charge in [-0.25, -0.2) is 9.83 Å². The van der Waals surface area contributed by atoms with E-state index in [-0.39, 0.29) is 0 Å². The van der Waals surface area contributed by atoms with Crippen molar-refractivity contribution >= 4 is 34.8 Å². The van der Waals surface area contributed by atoms with Crippen LogP contribution in [0.2, 0.25) is 0 Å². The Morgan fingerprint density at radius 2 is 1.79 bits per heavy atom. The second kappa shape index (κ2) is 9.12. The fourth-order valence-electron chi connectivity index (χ4n) is 2.46. The van der Waals surface area contributed by atoms with Crippen LogP contribution in [0, 0.1) is 6.57 Å². The molecule has 7 heteroatoms. The SMILES string of the molecule is [C-]#[N+]c1ccc(-c2ccc(OCCc3csc(SC(C)(C)C(=O)O)n3)cc2)cc1. The van der Waals surface area contributed by atoms with Crippen molar-refractivity contribution in [3.05, 3.63) is 71.0 Å². The first kappa shape index (κ1) is 20.9. The highest BCUT2D eigenvalue weighted by Gasteiger charge is 2.29. The van der Waals surface area contributed by atoms with Crippen LogP contribution in [0.3, 0.4) is 0 Å². The number of carboxylic acids is 1. The molecule has 0 aliphatic rings. The predicted octanol–water partition coefficient (Wildman–Crippen LogP) is 5.94. The van der Waals surface area contributed by atoms with Crippen LogP contribution in [0.15, 0.2) is 58.3 Å². The van der Waals surface area contributed by atoms with Gasteiger partial charge in [-0.3, -0.25) is 4.79 Å². The van der Waals surface area contributed by atoms with Crippen molar-refractivity contribution in [1.82, 2.24) is 4.98 Å². The molecule has 0 saturated heterocycles. The van der Waals surface area contributed by atoms with Gasteiger partial charge in [0.25, 0.3) is 0 Å². The molecule has 0 amide bonds. The van der Waals surface area contributed by atoms with Crippen LogP contribution in [0.1, 0.15) is 19.5 Å². The molecule has 5 nitrogen and oxygen atoms in total. The molecular weight excluding hydrogens is 404 g/mol. The molecule has 2 aromatic carbocycles. The van der Waals surface area contributed by atoms with E-state index in [1.54, 1.807) is 13.8 Å². The fraction of sp³-hybridized carbons (Fsp3) is 0.227. The number of rotatable bonds is 8. The van der Waals surface area contributed by atoms with Gasteiger partial charge in [-0.15, -0.1) is 11.3 Å². The number of aromatic nitrogens is 1. The van der Waals surface area contributed by atoms with E-state index >= 15 is 0 Å². The van der Waals surface area contributed by atoms with E-state index in [1.807, 2.05) is 53.9 Å². The summed E-state index contributed by atoms with van der Waals surface area (Å²) in [6.07, 6.45) is 0.657. The normalized spacial score (nSPS) is 11.1. The summed E-state index contributed by atoms with van der Waals surface area (Å²) in [5, 5.41) is 11.2. The third kappa shape index (κ3) is 5.59. The lowest BCUT2D eigenvalue weighted by Gasteiger charge is -2.15.